The third kappa shape index (κ3) is 4.20. The Labute approximate surface area is 96.5 Å². The minimum atomic E-state index is -3.64. The summed E-state index contributed by atoms with van der Waals surface area (Å²) in [6.45, 7) is 2.71. The first-order valence-electron chi connectivity index (χ1n) is 5.29. The molecule has 0 atom stereocenters. The van der Waals surface area contributed by atoms with Crippen molar-refractivity contribution in [2.75, 3.05) is 6.61 Å². The number of hydrogen-bond acceptors (Lipinski definition) is 3. The molecule has 0 radical (unpaired) electrons. The molecule has 16 heavy (non-hydrogen) atoms. The van der Waals surface area contributed by atoms with Crippen molar-refractivity contribution < 1.29 is 13.2 Å². The zero-order chi connectivity index (χ0) is 12.0. The lowest BCUT2D eigenvalue weighted by atomic mass is 10.3. The van der Waals surface area contributed by atoms with Gasteiger partial charge in [0.15, 0.2) is 0 Å². The van der Waals surface area contributed by atoms with E-state index < -0.39 is 10.0 Å². The maximum Gasteiger partial charge on any atom is 0.238 e. The summed E-state index contributed by atoms with van der Waals surface area (Å²) in [6, 6.07) is 6.24. The van der Waals surface area contributed by atoms with Crippen molar-refractivity contribution in [1.29, 1.82) is 0 Å². The van der Waals surface area contributed by atoms with E-state index in [1.54, 1.807) is 12.1 Å². The first-order chi connectivity index (χ1) is 7.54. The molecule has 0 aromatic heterocycles. The summed E-state index contributed by atoms with van der Waals surface area (Å²) in [4.78, 5) is 0.0838. The molecule has 0 aliphatic carbocycles. The highest BCUT2D eigenvalue weighted by Gasteiger charge is 2.07. The molecule has 0 bridgehead atoms. The van der Waals surface area contributed by atoms with Gasteiger partial charge in [-0.3, -0.25) is 0 Å². The molecule has 0 aliphatic rings. The van der Waals surface area contributed by atoms with Gasteiger partial charge in [0.25, 0.3) is 0 Å². The number of hydrogen-bond donors (Lipinski definition) is 1. The van der Waals surface area contributed by atoms with Gasteiger partial charge in [0, 0.05) is 6.07 Å². The molecule has 0 saturated carbocycles. The molecule has 0 spiro atoms. The van der Waals surface area contributed by atoms with Gasteiger partial charge in [-0.1, -0.05) is 25.8 Å². The van der Waals surface area contributed by atoms with E-state index in [0.29, 0.717) is 12.4 Å². The Morgan fingerprint density at radius 2 is 2.06 bits per heavy atom. The van der Waals surface area contributed by atoms with Gasteiger partial charge in [-0.2, -0.15) is 0 Å². The first kappa shape index (κ1) is 13.0. The monoisotopic (exact) mass is 243 g/mol. The lowest BCUT2D eigenvalue weighted by molar-refractivity contribution is 0.305. The van der Waals surface area contributed by atoms with Crippen molar-refractivity contribution in [3.63, 3.8) is 0 Å². The molecule has 0 unspecified atom stereocenters. The smallest absolute Gasteiger partial charge is 0.238 e. The molecule has 1 aromatic rings. The third-order valence-corrected chi connectivity index (χ3v) is 3.06. The standard InChI is InChI=1S/C11H17NO3S/c1-2-3-4-8-15-10-6-5-7-11(9-10)16(12,13)14/h5-7,9H,2-4,8H2,1H3,(H2,12,13,14). The minimum absolute atomic E-state index is 0.0838. The van der Waals surface area contributed by atoms with E-state index in [2.05, 4.69) is 6.92 Å². The molecule has 0 fully saturated rings. The lowest BCUT2D eigenvalue weighted by Gasteiger charge is -2.06. The van der Waals surface area contributed by atoms with Crippen LogP contribution in [0.2, 0.25) is 0 Å². The molecule has 0 amide bonds. The Morgan fingerprint density at radius 3 is 2.69 bits per heavy atom. The predicted octanol–water partition coefficient (Wildman–Crippen LogP) is 1.90. The summed E-state index contributed by atoms with van der Waals surface area (Å²) in [5.41, 5.74) is 0. The SMILES string of the molecule is CCCCCOc1cccc(S(N)(=O)=O)c1. The first-order valence-corrected chi connectivity index (χ1v) is 6.84. The highest BCUT2D eigenvalue weighted by molar-refractivity contribution is 7.89. The Morgan fingerprint density at radius 1 is 1.31 bits per heavy atom. The molecule has 0 aliphatic heterocycles. The van der Waals surface area contributed by atoms with Crippen LogP contribution in [-0.2, 0) is 10.0 Å². The summed E-state index contributed by atoms with van der Waals surface area (Å²) in [5.74, 6) is 0.544. The van der Waals surface area contributed by atoms with Crippen molar-refractivity contribution in [1.82, 2.24) is 0 Å². The topological polar surface area (TPSA) is 69.4 Å². The van der Waals surface area contributed by atoms with Crippen molar-refractivity contribution >= 4 is 10.0 Å². The van der Waals surface area contributed by atoms with Crippen LogP contribution >= 0.6 is 0 Å². The molecular formula is C11H17NO3S. The summed E-state index contributed by atoms with van der Waals surface area (Å²) >= 11 is 0. The molecule has 1 aromatic carbocycles. The largest absolute Gasteiger partial charge is 0.494 e. The zero-order valence-corrected chi connectivity index (χ0v) is 10.2. The van der Waals surface area contributed by atoms with Gasteiger partial charge in [0.1, 0.15) is 5.75 Å². The summed E-state index contributed by atoms with van der Waals surface area (Å²) in [7, 11) is -3.64. The molecule has 5 heteroatoms. The number of ether oxygens (including phenoxy) is 1. The van der Waals surface area contributed by atoms with E-state index >= 15 is 0 Å². The number of sulfonamides is 1. The number of benzene rings is 1. The fourth-order valence-corrected chi connectivity index (χ4v) is 1.83. The number of unbranched alkanes of at least 4 members (excludes halogenated alkanes) is 2. The van der Waals surface area contributed by atoms with Gasteiger partial charge in [-0.05, 0) is 18.6 Å². The maximum atomic E-state index is 11.1. The van der Waals surface area contributed by atoms with Gasteiger partial charge in [-0.15, -0.1) is 0 Å². The zero-order valence-electron chi connectivity index (χ0n) is 9.35. The van der Waals surface area contributed by atoms with Crippen LogP contribution in [0, 0.1) is 0 Å². The Hall–Kier alpha value is -1.07. The number of nitrogens with two attached hydrogens (primary N) is 1. The van der Waals surface area contributed by atoms with E-state index in [9.17, 15) is 8.42 Å². The summed E-state index contributed by atoms with van der Waals surface area (Å²) in [5, 5.41) is 5.02. The van der Waals surface area contributed by atoms with Crippen LogP contribution in [0.1, 0.15) is 26.2 Å². The third-order valence-electron chi connectivity index (χ3n) is 2.15. The van der Waals surface area contributed by atoms with Crippen molar-refractivity contribution in [2.45, 2.75) is 31.1 Å². The summed E-state index contributed by atoms with van der Waals surface area (Å²) in [6.07, 6.45) is 3.20. The Bertz CT molecular complexity index is 429. The van der Waals surface area contributed by atoms with E-state index in [1.165, 1.54) is 12.1 Å². The quantitative estimate of drug-likeness (QED) is 0.776. The Kier molecular flexibility index (Phi) is 4.76. The van der Waals surface area contributed by atoms with Gasteiger partial charge in [0.2, 0.25) is 10.0 Å². The van der Waals surface area contributed by atoms with Gasteiger partial charge >= 0.3 is 0 Å². The van der Waals surface area contributed by atoms with Gasteiger partial charge in [-0.25, -0.2) is 13.6 Å². The molecule has 90 valence electrons. The summed E-state index contributed by atoms with van der Waals surface area (Å²) < 4.78 is 27.6. The van der Waals surface area contributed by atoms with Crippen molar-refractivity contribution in [3.05, 3.63) is 24.3 Å². The van der Waals surface area contributed by atoms with Gasteiger partial charge in [0.05, 0.1) is 11.5 Å². The highest BCUT2D eigenvalue weighted by Crippen LogP contribution is 2.16. The minimum Gasteiger partial charge on any atom is -0.494 e. The molecule has 1 rings (SSSR count). The fourth-order valence-electron chi connectivity index (χ4n) is 1.28. The number of primary sulfonamides is 1. The van der Waals surface area contributed by atoms with Crippen molar-refractivity contribution in [2.24, 2.45) is 5.14 Å². The second kappa shape index (κ2) is 5.86. The molecule has 2 N–H and O–H groups in total. The van der Waals surface area contributed by atoms with E-state index in [-0.39, 0.29) is 4.90 Å². The maximum absolute atomic E-state index is 11.1. The predicted molar refractivity (Wildman–Crippen MR) is 62.8 cm³/mol. The van der Waals surface area contributed by atoms with Crippen LogP contribution in [0.3, 0.4) is 0 Å². The van der Waals surface area contributed by atoms with Crippen LogP contribution in [-0.4, -0.2) is 15.0 Å². The highest BCUT2D eigenvalue weighted by atomic mass is 32.2. The average molecular weight is 243 g/mol. The molecule has 0 saturated heterocycles. The Balaban J connectivity index is 2.62. The molecular weight excluding hydrogens is 226 g/mol. The van der Waals surface area contributed by atoms with Crippen LogP contribution in [0.25, 0.3) is 0 Å². The van der Waals surface area contributed by atoms with E-state index in [1.807, 2.05) is 0 Å². The average Bonchev–Trinajstić information content (AvgIpc) is 2.24. The molecule has 4 nitrogen and oxygen atoms in total. The van der Waals surface area contributed by atoms with E-state index in [0.717, 1.165) is 19.3 Å². The second-order valence-corrected chi connectivity index (χ2v) is 5.14. The van der Waals surface area contributed by atoms with Crippen LogP contribution in [0.15, 0.2) is 29.2 Å². The van der Waals surface area contributed by atoms with Crippen LogP contribution in [0.4, 0.5) is 0 Å². The lowest BCUT2D eigenvalue weighted by Crippen LogP contribution is -2.12. The second-order valence-electron chi connectivity index (χ2n) is 3.58. The number of rotatable bonds is 6. The normalized spacial score (nSPS) is 11.4. The van der Waals surface area contributed by atoms with Crippen LogP contribution < -0.4 is 9.88 Å². The van der Waals surface area contributed by atoms with Gasteiger partial charge < -0.3 is 4.74 Å². The van der Waals surface area contributed by atoms with Crippen LogP contribution in [0.5, 0.6) is 5.75 Å². The van der Waals surface area contributed by atoms with E-state index in [4.69, 9.17) is 9.88 Å². The van der Waals surface area contributed by atoms with Crippen molar-refractivity contribution in [3.8, 4) is 5.75 Å². The molecule has 0 heterocycles. The fraction of sp³-hybridized carbons (Fsp3) is 0.455.